The number of hydrogen-bond donors (Lipinski definition) is 2. The third-order valence-corrected chi connectivity index (χ3v) is 4.71. The van der Waals surface area contributed by atoms with E-state index in [-0.39, 0.29) is 24.2 Å². The van der Waals surface area contributed by atoms with Gasteiger partial charge in [0.2, 0.25) is 0 Å². The van der Waals surface area contributed by atoms with Crippen LogP contribution in [-0.4, -0.2) is 34.5 Å². The summed E-state index contributed by atoms with van der Waals surface area (Å²) in [5.41, 5.74) is 2.52. The minimum absolute atomic E-state index is 0.126. The molecule has 31 heavy (non-hydrogen) atoms. The molecule has 0 radical (unpaired) electrons. The van der Waals surface area contributed by atoms with E-state index in [1.165, 1.54) is 6.26 Å². The highest BCUT2D eigenvalue weighted by atomic mass is 16.5. The number of carbonyl (C=O) groups is 2. The Labute approximate surface area is 178 Å². The molecule has 2 aromatic heterocycles. The smallest absolute Gasteiger partial charge is 0.291 e. The van der Waals surface area contributed by atoms with E-state index in [4.69, 9.17) is 9.15 Å². The Morgan fingerprint density at radius 2 is 1.97 bits per heavy atom. The first kappa shape index (κ1) is 20.2. The number of hydrogen-bond acceptors (Lipinski definition) is 5. The van der Waals surface area contributed by atoms with Crippen LogP contribution in [0.5, 0.6) is 5.75 Å². The van der Waals surface area contributed by atoms with Crippen LogP contribution < -0.4 is 15.4 Å². The first-order valence-corrected chi connectivity index (χ1v) is 9.86. The molecule has 0 atom stereocenters. The number of fused-ring (bicyclic) bond motifs is 1. The summed E-state index contributed by atoms with van der Waals surface area (Å²) < 4.78 is 12.7. The first-order chi connectivity index (χ1) is 15.1. The molecule has 2 aromatic carbocycles. The Hall–Kier alpha value is -4.07. The maximum absolute atomic E-state index is 12.2. The third-order valence-electron chi connectivity index (χ3n) is 4.71. The normalized spacial score (nSPS) is 10.7. The molecule has 4 rings (SSSR count). The van der Waals surface area contributed by atoms with Crippen LogP contribution in [0.1, 0.15) is 16.4 Å². The number of aryl methyl sites for hydroxylation is 1. The van der Waals surface area contributed by atoms with Crippen LogP contribution in [0.15, 0.2) is 71.3 Å². The van der Waals surface area contributed by atoms with Gasteiger partial charge in [-0.3, -0.25) is 9.59 Å². The van der Waals surface area contributed by atoms with Gasteiger partial charge in [0.15, 0.2) is 12.4 Å². The lowest BCUT2D eigenvalue weighted by atomic mass is 10.3. The number of nitrogens with zero attached hydrogens (tertiary/aromatic N) is 2. The number of para-hydroxylation sites is 2. The number of ether oxygens (including phenoxy) is 1. The topological polar surface area (TPSA) is 98.4 Å². The number of carbonyl (C=O) groups excluding carboxylic acids is 2. The van der Waals surface area contributed by atoms with E-state index in [1.54, 1.807) is 36.4 Å². The van der Waals surface area contributed by atoms with E-state index >= 15 is 0 Å². The third kappa shape index (κ3) is 4.92. The van der Waals surface area contributed by atoms with E-state index in [1.807, 2.05) is 31.2 Å². The predicted molar refractivity (Wildman–Crippen MR) is 116 cm³/mol. The van der Waals surface area contributed by atoms with Crippen molar-refractivity contribution in [1.29, 1.82) is 0 Å². The van der Waals surface area contributed by atoms with Crippen molar-refractivity contribution in [3.8, 4) is 5.75 Å². The van der Waals surface area contributed by atoms with Crippen molar-refractivity contribution >= 4 is 28.5 Å². The molecule has 0 saturated heterocycles. The molecule has 2 N–H and O–H groups in total. The first-order valence-electron chi connectivity index (χ1n) is 9.86. The van der Waals surface area contributed by atoms with Gasteiger partial charge in [0.05, 0.1) is 17.3 Å². The highest BCUT2D eigenvalue weighted by molar-refractivity contribution is 6.02. The summed E-state index contributed by atoms with van der Waals surface area (Å²) >= 11 is 0. The highest BCUT2D eigenvalue weighted by Crippen LogP contribution is 2.18. The SMILES string of the molecule is Cc1nc2ccccc2n1CCNC(=O)COc1cccc(NC(=O)c2ccco2)c1. The summed E-state index contributed by atoms with van der Waals surface area (Å²) in [5, 5.41) is 5.57. The standard InChI is InChI=1S/C23H22N4O4/c1-16-25-19-8-2-3-9-20(19)27(16)12-11-24-22(28)15-31-18-7-4-6-17(14-18)26-23(29)21-10-5-13-30-21/h2-10,13-14H,11-12,15H2,1H3,(H,24,28)(H,26,29). The van der Waals surface area contributed by atoms with Gasteiger partial charge >= 0.3 is 0 Å². The molecule has 0 fully saturated rings. The fraction of sp³-hybridized carbons (Fsp3) is 0.174. The van der Waals surface area contributed by atoms with Crippen LogP contribution in [0.2, 0.25) is 0 Å². The van der Waals surface area contributed by atoms with Crippen LogP contribution >= 0.6 is 0 Å². The molecule has 8 nitrogen and oxygen atoms in total. The molecule has 8 heteroatoms. The molecule has 0 unspecified atom stereocenters. The molecule has 0 bridgehead atoms. The van der Waals surface area contributed by atoms with Crippen molar-refractivity contribution < 1.29 is 18.7 Å². The molecule has 0 spiro atoms. The Bertz CT molecular complexity index is 1200. The van der Waals surface area contributed by atoms with Crippen LogP contribution in [0, 0.1) is 6.92 Å². The molecule has 2 heterocycles. The summed E-state index contributed by atoms with van der Waals surface area (Å²) in [6.07, 6.45) is 1.43. The summed E-state index contributed by atoms with van der Waals surface area (Å²) in [7, 11) is 0. The number of imidazole rings is 1. The molecule has 2 amide bonds. The highest BCUT2D eigenvalue weighted by Gasteiger charge is 2.10. The van der Waals surface area contributed by atoms with E-state index in [0.717, 1.165) is 16.9 Å². The van der Waals surface area contributed by atoms with Gasteiger partial charge in [-0.25, -0.2) is 4.98 Å². The average Bonchev–Trinajstić information content (AvgIpc) is 3.41. The molecule has 158 valence electrons. The Morgan fingerprint density at radius 1 is 1.10 bits per heavy atom. The van der Waals surface area contributed by atoms with E-state index in [9.17, 15) is 9.59 Å². The van der Waals surface area contributed by atoms with Gasteiger partial charge in [-0.1, -0.05) is 18.2 Å². The number of nitrogens with one attached hydrogen (secondary N) is 2. The van der Waals surface area contributed by atoms with E-state index in [2.05, 4.69) is 20.2 Å². The summed E-state index contributed by atoms with van der Waals surface area (Å²) in [4.78, 5) is 28.7. The zero-order valence-electron chi connectivity index (χ0n) is 17.0. The minimum atomic E-state index is -0.359. The maximum Gasteiger partial charge on any atom is 0.291 e. The van der Waals surface area contributed by atoms with Crippen LogP contribution in [0.25, 0.3) is 11.0 Å². The lowest BCUT2D eigenvalue weighted by Crippen LogP contribution is -2.31. The van der Waals surface area contributed by atoms with Crippen LogP contribution in [0.3, 0.4) is 0 Å². The average molecular weight is 418 g/mol. The number of anilines is 1. The summed E-state index contributed by atoms with van der Waals surface area (Å²) in [5.74, 6) is 1.00. The van der Waals surface area contributed by atoms with Gasteiger partial charge in [-0.05, 0) is 43.3 Å². The zero-order chi connectivity index (χ0) is 21.6. The van der Waals surface area contributed by atoms with Gasteiger partial charge in [-0.2, -0.15) is 0 Å². The van der Waals surface area contributed by atoms with Gasteiger partial charge in [-0.15, -0.1) is 0 Å². The minimum Gasteiger partial charge on any atom is -0.484 e. The number of aromatic nitrogens is 2. The van der Waals surface area contributed by atoms with Crippen LogP contribution in [-0.2, 0) is 11.3 Å². The second kappa shape index (κ2) is 9.17. The molecule has 0 aliphatic rings. The second-order valence-electron chi connectivity index (χ2n) is 6.90. The van der Waals surface area contributed by atoms with Crippen molar-refractivity contribution in [1.82, 2.24) is 14.9 Å². The lowest BCUT2D eigenvalue weighted by Gasteiger charge is -2.10. The number of amides is 2. The molecule has 0 saturated carbocycles. The van der Waals surface area contributed by atoms with Crippen molar-refractivity contribution in [3.05, 3.63) is 78.5 Å². The van der Waals surface area contributed by atoms with Crippen molar-refractivity contribution in [2.24, 2.45) is 0 Å². The Kier molecular flexibility index (Phi) is 5.98. The van der Waals surface area contributed by atoms with E-state index in [0.29, 0.717) is 24.5 Å². The second-order valence-corrected chi connectivity index (χ2v) is 6.90. The van der Waals surface area contributed by atoms with Gasteiger partial charge in [0.1, 0.15) is 11.6 Å². The fourth-order valence-corrected chi connectivity index (χ4v) is 3.25. The van der Waals surface area contributed by atoms with Gasteiger partial charge in [0.25, 0.3) is 11.8 Å². The van der Waals surface area contributed by atoms with Crippen LogP contribution in [0.4, 0.5) is 5.69 Å². The van der Waals surface area contributed by atoms with Crippen molar-refractivity contribution in [3.63, 3.8) is 0 Å². The number of furan rings is 1. The molecule has 0 aliphatic heterocycles. The Balaban J connectivity index is 1.26. The molecule has 4 aromatic rings. The zero-order valence-corrected chi connectivity index (χ0v) is 17.0. The molecule has 0 aliphatic carbocycles. The quantitative estimate of drug-likeness (QED) is 0.457. The number of rotatable bonds is 8. The maximum atomic E-state index is 12.2. The monoisotopic (exact) mass is 418 g/mol. The molecular weight excluding hydrogens is 396 g/mol. The van der Waals surface area contributed by atoms with E-state index < -0.39 is 0 Å². The summed E-state index contributed by atoms with van der Waals surface area (Å²) in [6, 6.07) is 18.0. The van der Waals surface area contributed by atoms with Gasteiger partial charge < -0.3 is 24.4 Å². The fourth-order valence-electron chi connectivity index (χ4n) is 3.25. The molecular formula is C23H22N4O4. The summed E-state index contributed by atoms with van der Waals surface area (Å²) in [6.45, 7) is 2.90. The number of benzene rings is 2. The van der Waals surface area contributed by atoms with Gasteiger partial charge in [0, 0.05) is 24.8 Å². The largest absolute Gasteiger partial charge is 0.484 e. The lowest BCUT2D eigenvalue weighted by molar-refractivity contribution is -0.123. The van der Waals surface area contributed by atoms with Crippen molar-refractivity contribution in [2.75, 3.05) is 18.5 Å². The van der Waals surface area contributed by atoms with Crippen molar-refractivity contribution in [2.45, 2.75) is 13.5 Å². The predicted octanol–water partition coefficient (Wildman–Crippen LogP) is 3.39. The Morgan fingerprint density at radius 3 is 2.81 bits per heavy atom.